The van der Waals surface area contributed by atoms with Gasteiger partial charge < -0.3 is 0 Å². The first kappa shape index (κ1) is 18.4. The number of fused-ring (bicyclic) bond motifs is 1. The third kappa shape index (κ3) is 3.91. The van der Waals surface area contributed by atoms with E-state index in [1.807, 2.05) is 0 Å². The highest BCUT2D eigenvalue weighted by molar-refractivity contribution is 7.21. The van der Waals surface area contributed by atoms with Crippen molar-refractivity contribution in [2.24, 2.45) is 5.10 Å². The van der Waals surface area contributed by atoms with Crippen LogP contribution >= 0.6 is 22.9 Å². The van der Waals surface area contributed by atoms with Crippen molar-refractivity contribution in [1.82, 2.24) is 5.43 Å². The van der Waals surface area contributed by atoms with E-state index in [1.165, 1.54) is 42.6 Å². The van der Waals surface area contributed by atoms with Crippen molar-refractivity contribution < 1.29 is 14.6 Å². The zero-order chi connectivity index (χ0) is 19.6. The molecule has 136 valence electrons. The highest BCUT2D eigenvalue weighted by atomic mass is 35.5. The Morgan fingerprint density at radius 1 is 1.11 bits per heavy atom. The van der Waals surface area contributed by atoms with Gasteiger partial charge in [0.1, 0.15) is 4.88 Å². The van der Waals surface area contributed by atoms with Crippen LogP contribution in [0.25, 0.3) is 10.1 Å². The normalized spacial score (nSPS) is 11.0. The van der Waals surface area contributed by atoms with Gasteiger partial charge >= 0.3 is 0 Å². The van der Waals surface area contributed by atoms with Gasteiger partial charge in [0.25, 0.3) is 17.3 Å². The van der Waals surface area contributed by atoms with Gasteiger partial charge in [0.2, 0.25) is 0 Å². The summed E-state index contributed by atoms with van der Waals surface area (Å²) in [6.45, 7) is 0. The third-order valence-corrected chi connectivity index (χ3v) is 5.15. The Morgan fingerprint density at radius 2 is 1.81 bits per heavy atom. The van der Waals surface area contributed by atoms with Crippen LogP contribution in [0.4, 0.5) is 11.4 Å². The second-order valence-electron chi connectivity index (χ2n) is 5.23. The maximum absolute atomic E-state index is 12.3. The Hall–Kier alpha value is -3.37. The first-order valence-corrected chi connectivity index (χ1v) is 8.50. The molecule has 0 aliphatic rings. The van der Waals surface area contributed by atoms with Gasteiger partial charge in [-0.05, 0) is 6.07 Å². The fraction of sp³-hybridized carbons (Fsp3) is 0. The van der Waals surface area contributed by atoms with Crippen molar-refractivity contribution >= 4 is 56.5 Å². The quantitative estimate of drug-likeness (QED) is 0.388. The number of nitrogens with zero attached hydrogens (tertiary/aromatic N) is 3. The molecule has 1 aromatic heterocycles. The molecule has 0 fully saturated rings. The summed E-state index contributed by atoms with van der Waals surface area (Å²) in [6.07, 6.45) is 1.26. The average molecular weight is 405 g/mol. The van der Waals surface area contributed by atoms with Crippen molar-refractivity contribution in [2.45, 2.75) is 0 Å². The molecule has 2 aromatic carbocycles. The van der Waals surface area contributed by atoms with Crippen molar-refractivity contribution in [3.05, 3.63) is 78.2 Å². The van der Waals surface area contributed by atoms with E-state index >= 15 is 0 Å². The summed E-state index contributed by atoms with van der Waals surface area (Å²) < 4.78 is 0.502. The fourth-order valence-electron chi connectivity index (χ4n) is 2.25. The summed E-state index contributed by atoms with van der Waals surface area (Å²) in [5, 5.41) is 26.1. The molecule has 0 aliphatic carbocycles. The Bertz CT molecular complexity index is 1110. The number of benzene rings is 2. The van der Waals surface area contributed by atoms with Gasteiger partial charge in [-0.3, -0.25) is 25.0 Å². The molecule has 0 radical (unpaired) electrons. The molecule has 1 N–H and O–H groups in total. The smallest absolute Gasteiger partial charge is 0.266 e. The summed E-state index contributed by atoms with van der Waals surface area (Å²) in [6, 6.07) is 9.87. The molecule has 0 saturated heterocycles. The van der Waals surface area contributed by atoms with Gasteiger partial charge in [-0.15, -0.1) is 11.3 Å². The second-order valence-corrected chi connectivity index (χ2v) is 6.66. The number of rotatable bonds is 5. The molecule has 9 nitrogen and oxygen atoms in total. The molecule has 0 saturated carbocycles. The summed E-state index contributed by atoms with van der Waals surface area (Å²) >= 11 is 7.19. The molecule has 0 atom stereocenters. The predicted octanol–water partition coefficient (Wildman–Crippen LogP) is 4.14. The van der Waals surface area contributed by atoms with Gasteiger partial charge in [0, 0.05) is 39.9 Å². The first-order valence-electron chi connectivity index (χ1n) is 7.31. The van der Waals surface area contributed by atoms with E-state index < -0.39 is 15.8 Å². The van der Waals surface area contributed by atoms with Crippen LogP contribution in [0.3, 0.4) is 0 Å². The number of amides is 1. The number of carbonyl (C=O) groups is 1. The lowest BCUT2D eigenvalue weighted by Crippen LogP contribution is -2.16. The number of hydrazone groups is 1. The Balaban J connectivity index is 1.80. The number of carbonyl (C=O) groups excluding carboxylic acids is 1. The lowest BCUT2D eigenvalue weighted by Gasteiger charge is -1.97. The van der Waals surface area contributed by atoms with E-state index in [0.29, 0.717) is 15.6 Å². The highest BCUT2D eigenvalue weighted by Gasteiger charge is 2.19. The molecule has 1 amide bonds. The minimum absolute atomic E-state index is 0.0978. The summed E-state index contributed by atoms with van der Waals surface area (Å²) in [4.78, 5) is 33.0. The number of halogens is 1. The standard InChI is InChI=1S/C16H9ClN4O5S/c17-14-12-5-4-11(21(25)26)7-13(12)27-15(14)16(22)19-18-8-9-2-1-3-10(6-9)20(23)24/h1-8H,(H,19,22)/b18-8+. The van der Waals surface area contributed by atoms with E-state index in [4.69, 9.17) is 11.6 Å². The zero-order valence-electron chi connectivity index (χ0n) is 13.3. The van der Waals surface area contributed by atoms with Gasteiger partial charge in [-0.25, -0.2) is 5.43 Å². The van der Waals surface area contributed by atoms with Crippen LogP contribution in [-0.4, -0.2) is 22.0 Å². The molecular formula is C16H9ClN4O5S. The van der Waals surface area contributed by atoms with Crippen molar-refractivity contribution in [2.75, 3.05) is 0 Å². The zero-order valence-corrected chi connectivity index (χ0v) is 14.9. The Labute approximate surface area is 160 Å². The molecule has 0 unspecified atom stereocenters. The van der Waals surface area contributed by atoms with Crippen LogP contribution < -0.4 is 5.43 Å². The molecule has 1 heterocycles. The monoisotopic (exact) mass is 404 g/mol. The van der Waals surface area contributed by atoms with Crippen LogP contribution in [0.1, 0.15) is 15.2 Å². The van der Waals surface area contributed by atoms with Crippen LogP contribution in [0.2, 0.25) is 5.02 Å². The molecule has 0 bridgehead atoms. The number of nitrogens with one attached hydrogen (secondary N) is 1. The predicted molar refractivity (Wildman–Crippen MR) is 102 cm³/mol. The molecule has 3 rings (SSSR count). The third-order valence-electron chi connectivity index (χ3n) is 3.49. The summed E-state index contributed by atoms with van der Waals surface area (Å²) in [5.41, 5.74) is 2.52. The summed E-state index contributed by atoms with van der Waals surface area (Å²) in [5.74, 6) is -0.592. The molecule has 11 heteroatoms. The highest BCUT2D eigenvalue weighted by Crippen LogP contribution is 2.37. The first-order chi connectivity index (χ1) is 12.9. The lowest BCUT2D eigenvalue weighted by molar-refractivity contribution is -0.385. The fourth-order valence-corrected chi connectivity index (χ4v) is 3.69. The number of hydrogen-bond donors (Lipinski definition) is 1. The van der Waals surface area contributed by atoms with Gasteiger partial charge in [0.15, 0.2) is 0 Å². The molecule has 3 aromatic rings. The topological polar surface area (TPSA) is 128 Å². The molecule has 0 spiro atoms. The Kier molecular flexibility index (Phi) is 5.10. The average Bonchev–Trinajstić information content (AvgIpc) is 2.98. The summed E-state index contributed by atoms with van der Waals surface area (Å²) in [7, 11) is 0. The van der Waals surface area contributed by atoms with Crippen LogP contribution in [0.5, 0.6) is 0 Å². The van der Waals surface area contributed by atoms with E-state index in [0.717, 1.165) is 11.3 Å². The van der Waals surface area contributed by atoms with Crippen molar-refractivity contribution in [1.29, 1.82) is 0 Å². The van der Waals surface area contributed by atoms with Gasteiger partial charge in [-0.1, -0.05) is 23.7 Å². The van der Waals surface area contributed by atoms with E-state index in [1.54, 1.807) is 6.07 Å². The van der Waals surface area contributed by atoms with E-state index in [2.05, 4.69) is 10.5 Å². The van der Waals surface area contributed by atoms with Gasteiger partial charge in [-0.2, -0.15) is 5.10 Å². The largest absolute Gasteiger partial charge is 0.283 e. The maximum atomic E-state index is 12.3. The second kappa shape index (κ2) is 7.48. The van der Waals surface area contributed by atoms with Crippen molar-refractivity contribution in [3.8, 4) is 0 Å². The molecular weight excluding hydrogens is 396 g/mol. The van der Waals surface area contributed by atoms with Gasteiger partial charge in [0.05, 0.1) is 21.1 Å². The number of thiophene rings is 1. The SMILES string of the molecule is O=C(N/N=C/c1cccc([N+](=O)[O-])c1)c1sc2cc([N+](=O)[O-])ccc2c1Cl. The minimum Gasteiger partial charge on any atom is -0.266 e. The van der Waals surface area contributed by atoms with E-state index in [-0.39, 0.29) is 21.3 Å². The van der Waals surface area contributed by atoms with Crippen LogP contribution in [0.15, 0.2) is 47.6 Å². The number of non-ortho nitro benzene ring substituents is 2. The molecule has 0 aliphatic heterocycles. The van der Waals surface area contributed by atoms with Crippen LogP contribution in [0, 0.1) is 20.2 Å². The number of nitro groups is 2. The lowest BCUT2D eigenvalue weighted by atomic mass is 10.2. The Morgan fingerprint density at radius 3 is 2.52 bits per heavy atom. The molecule has 27 heavy (non-hydrogen) atoms. The van der Waals surface area contributed by atoms with E-state index in [9.17, 15) is 25.0 Å². The maximum Gasteiger partial charge on any atom is 0.283 e. The number of nitro benzene ring substituents is 2. The van der Waals surface area contributed by atoms with Crippen LogP contribution in [-0.2, 0) is 0 Å². The van der Waals surface area contributed by atoms with Crippen molar-refractivity contribution in [3.63, 3.8) is 0 Å². The minimum atomic E-state index is -0.592. The number of hydrogen-bond acceptors (Lipinski definition) is 7.